The summed E-state index contributed by atoms with van der Waals surface area (Å²) >= 11 is 0. The molecule has 2 aliphatic rings. The Kier molecular flexibility index (Phi) is 5.23. The van der Waals surface area contributed by atoms with Gasteiger partial charge < -0.3 is 5.11 Å². The zero-order valence-electron chi connectivity index (χ0n) is 14.9. The summed E-state index contributed by atoms with van der Waals surface area (Å²) < 4.78 is 0. The van der Waals surface area contributed by atoms with Gasteiger partial charge >= 0.3 is 0 Å². The third-order valence-electron chi connectivity index (χ3n) is 6.54. The third kappa shape index (κ3) is 3.73. The van der Waals surface area contributed by atoms with Gasteiger partial charge in [0.2, 0.25) is 0 Å². The van der Waals surface area contributed by atoms with Crippen molar-refractivity contribution in [2.75, 3.05) is 0 Å². The van der Waals surface area contributed by atoms with E-state index in [0.717, 1.165) is 24.2 Å². The molecule has 1 nitrogen and oxygen atoms in total. The molecule has 2 fully saturated rings. The van der Waals surface area contributed by atoms with Gasteiger partial charge in [-0.05, 0) is 82.5 Å². The molecule has 3 unspecified atom stereocenters. The highest BCUT2D eigenvalue weighted by Crippen LogP contribution is 2.59. The molecular weight excluding hydrogens is 256 g/mol. The molecule has 21 heavy (non-hydrogen) atoms. The number of hydrogen-bond donors (Lipinski definition) is 1. The molecule has 0 aromatic rings. The van der Waals surface area contributed by atoms with Crippen LogP contribution in [0.2, 0.25) is 0 Å². The van der Waals surface area contributed by atoms with E-state index in [0.29, 0.717) is 5.41 Å². The van der Waals surface area contributed by atoms with E-state index in [1.807, 2.05) is 13.8 Å². The molecular formula is C20H36O. The fourth-order valence-electron chi connectivity index (χ4n) is 5.42. The van der Waals surface area contributed by atoms with Gasteiger partial charge in [0.05, 0.1) is 5.60 Å². The molecule has 0 aliphatic heterocycles. The molecule has 122 valence electrons. The van der Waals surface area contributed by atoms with Crippen LogP contribution in [0.5, 0.6) is 0 Å². The van der Waals surface area contributed by atoms with E-state index in [1.54, 1.807) is 5.57 Å². The van der Waals surface area contributed by atoms with Crippen LogP contribution >= 0.6 is 0 Å². The van der Waals surface area contributed by atoms with Crippen molar-refractivity contribution in [2.24, 2.45) is 23.2 Å². The summed E-state index contributed by atoms with van der Waals surface area (Å²) in [7, 11) is 0. The maximum atomic E-state index is 9.89. The van der Waals surface area contributed by atoms with Crippen LogP contribution in [-0.4, -0.2) is 10.7 Å². The topological polar surface area (TPSA) is 20.2 Å². The minimum atomic E-state index is -0.495. The Balaban J connectivity index is 1.97. The van der Waals surface area contributed by atoms with E-state index in [9.17, 15) is 5.11 Å². The number of hydrogen-bond acceptors (Lipinski definition) is 1. The first-order chi connectivity index (χ1) is 9.78. The Morgan fingerprint density at radius 3 is 2.71 bits per heavy atom. The number of allylic oxidation sites excluding steroid dienone is 2. The highest BCUT2D eigenvalue weighted by molar-refractivity contribution is 5.17. The third-order valence-corrected chi connectivity index (χ3v) is 6.54. The lowest BCUT2D eigenvalue weighted by molar-refractivity contribution is 0.0596. The Morgan fingerprint density at radius 2 is 2.10 bits per heavy atom. The molecule has 0 spiro atoms. The molecule has 0 aromatic carbocycles. The molecule has 1 N–H and O–H groups in total. The lowest BCUT2D eigenvalue weighted by atomic mass is 9.61. The summed E-state index contributed by atoms with van der Waals surface area (Å²) in [6.07, 6.45) is 12.8. The van der Waals surface area contributed by atoms with Crippen molar-refractivity contribution < 1.29 is 5.11 Å². The van der Waals surface area contributed by atoms with E-state index in [4.69, 9.17) is 0 Å². The Bertz CT molecular complexity index is 376. The van der Waals surface area contributed by atoms with Gasteiger partial charge in [-0.25, -0.2) is 0 Å². The van der Waals surface area contributed by atoms with Gasteiger partial charge in [0.25, 0.3) is 0 Å². The van der Waals surface area contributed by atoms with E-state index in [1.165, 1.54) is 44.9 Å². The van der Waals surface area contributed by atoms with Crippen molar-refractivity contribution >= 4 is 0 Å². The summed E-state index contributed by atoms with van der Waals surface area (Å²) in [5.74, 6) is 2.55. The van der Waals surface area contributed by atoms with Crippen molar-refractivity contribution in [3.05, 3.63) is 11.6 Å². The first kappa shape index (κ1) is 17.1. The Hall–Kier alpha value is -0.300. The normalized spacial score (nSPS) is 36.8. The SMILES string of the molecule is C/C=C1\CCCC2(C)C1CCC2[C@H](C)CCCC(C)(C)O. The van der Waals surface area contributed by atoms with E-state index >= 15 is 0 Å². The van der Waals surface area contributed by atoms with Crippen molar-refractivity contribution in [1.29, 1.82) is 0 Å². The van der Waals surface area contributed by atoms with E-state index in [2.05, 4.69) is 26.8 Å². The van der Waals surface area contributed by atoms with Gasteiger partial charge in [-0.3, -0.25) is 0 Å². The largest absolute Gasteiger partial charge is 0.390 e. The highest BCUT2D eigenvalue weighted by atomic mass is 16.3. The summed E-state index contributed by atoms with van der Waals surface area (Å²) in [5.41, 5.74) is 1.80. The average Bonchev–Trinajstić information content (AvgIpc) is 2.73. The monoisotopic (exact) mass is 292 g/mol. The van der Waals surface area contributed by atoms with Gasteiger partial charge in [-0.15, -0.1) is 0 Å². The van der Waals surface area contributed by atoms with Crippen LogP contribution in [0.4, 0.5) is 0 Å². The number of aliphatic hydroxyl groups is 1. The van der Waals surface area contributed by atoms with Gasteiger partial charge in [0.15, 0.2) is 0 Å². The minimum absolute atomic E-state index is 0.495. The quantitative estimate of drug-likeness (QED) is 0.642. The van der Waals surface area contributed by atoms with Crippen LogP contribution in [0, 0.1) is 23.2 Å². The second kappa shape index (κ2) is 6.44. The smallest absolute Gasteiger partial charge is 0.0591 e. The molecule has 0 heterocycles. The van der Waals surface area contributed by atoms with Crippen LogP contribution < -0.4 is 0 Å². The van der Waals surface area contributed by atoms with Gasteiger partial charge in [0, 0.05) is 0 Å². The molecule has 4 atom stereocenters. The van der Waals surface area contributed by atoms with Crippen molar-refractivity contribution in [1.82, 2.24) is 0 Å². The number of fused-ring (bicyclic) bond motifs is 1. The summed E-state index contributed by atoms with van der Waals surface area (Å²) in [6, 6.07) is 0. The zero-order valence-corrected chi connectivity index (χ0v) is 14.9. The molecule has 0 bridgehead atoms. The van der Waals surface area contributed by atoms with Crippen molar-refractivity contribution in [2.45, 2.75) is 91.6 Å². The number of rotatable bonds is 5. The fourth-order valence-corrected chi connectivity index (χ4v) is 5.42. The average molecular weight is 293 g/mol. The Labute approximate surface area is 132 Å². The van der Waals surface area contributed by atoms with E-state index in [-0.39, 0.29) is 0 Å². The van der Waals surface area contributed by atoms with Gasteiger partial charge in [-0.2, -0.15) is 0 Å². The second-order valence-electron chi connectivity index (χ2n) is 8.64. The first-order valence-electron chi connectivity index (χ1n) is 9.15. The van der Waals surface area contributed by atoms with Crippen LogP contribution in [0.25, 0.3) is 0 Å². The van der Waals surface area contributed by atoms with Crippen LogP contribution in [0.3, 0.4) is 0 Å². The van der Waals surface area contributed by atoms with Crippen molar-refractivity contribution in [3.63, 3.8) is 0 Å². The second-order valence-corrected chi connectivity index (χ2v) is 8.64. The lowest BCUT2D eigenvalue weighted by Gasteiger charge is -2.44. The minimum Gasteiger partial charge on any atom is -0.390 e. The molecule has 2 saturated carbocycles. The van der Waals surface area contributed by atoms with Crippen LogP contribution in [0.1, 0.15) is 86.0 Å². The summed E-state index contributed by atoms with van der Waals surface area (Å²) in [6.45, 7) is 11.1. The molecule has 0 amide bonds. The van der Waals surface area contributed by atoms with E-state index < -0.39 is 5.60 Å². The van der Waals surface area contributed by atoms with Gasteiger partial charge in [-0.1, -0.05) is 38.3 Å². The standard InChI is InChI=1S/C20H36O/c1-6-16-10-8-14-20(5)17(11-12-18(16)20)15(2)9-7-13-19(3,4)21/h6,15,17-18,21H,7-14H2,1-5H3/b16-6+/t15-,17?,18?,20?/m1/s1. The van der Waals surface area contributed by atoms with Crippen molar-refractivity contribution in [3.8, 4) is 0 Å². The summed E-state index contributed by atoms with van der Waals surface area (Å²) in [4.78, 5) is 0. The lowest BCUT2D eigenvalue weighted by Crippen LogP contribution is -2.36. The predicted octanol–water partition coefficient (Wildman–Crippen LogP) is 5.73. The maximum Gasteiger partial charge on any atom is 0.0591 e. The predicted molar refractivity (Wildman–Crippen MR) is 91.2 cm³/mol. The molecule has 0 radical (unpaired) electrons. The first-order valence-corrected chi connectivity index (χ1v) is 9.15. The molecule has 0 saturated heterocycles. The molecule has 2 aliphatic carbocycles. The molecule has 0 aromatic heterocycles. The van der Waals surface area contributed by atoms with Crippen LogP contribution in [-0.2, 0) is 0 Å². The van der Waals surface area contributed by atoms with Crippen LogP contribution in [0.15, 0.2) is 11.6 Å². The maximum absolute atomic E-state index is 9.89. The fraction of sp³-hybridized carbons (Fsp3) is 0.900. The molecule has 1 heteroatoms. The van der Waals surface area contributed by atoms with Gasteiger partial charge in [0.1, 0.15) is 0 Å². The Morgan fingerprint density at radius 1 is 1.38 bits per heavy atom. The molecule has 2 rings (SSSR count). The zero-order chi connectivity index (χ0) is 15.7. The summed E-state index contributed by atoms with van der Waals surface area (Å²) in [5, 5.41) is 9.89. The highest BCUT2D eigenvalue weighted by Gasteiger charge is 2.50.